The Hall–Kier alpha value is -5.40. The molecular weight excluding hydrogens is 579 g/mol. The molecule has 7 aromatic heterocycles. The number of rotatable bonds is 7. The predicted octanol–water partition coefficient (Wildman–Crippen LogP) is 4.94. The number of aromatic amines is 2. The van der Waals surface area contributed by atoms with E-state index < -0.39 is 11.0 Å². The lowest BCUT2D eigenvalue weighted by Gasteiger charge is -2.48. The average Bonchev–Trinajstić information content (AvgIpc) is 3.91. The number of H-pyrrole nitrogens is 2. The molecule has 11 nitrogen and oxygen atoms in total. The monoisotopic (exact) mass is 599 g/mol. The van der Waals surface area contributed by atoms with Crippen LogP contribution in [0.15, 0.2) is 115 Å². The van der Waals surface area contributed by atoms with E-state index in [4.69, 9.17) is 35.0 Å². The minimum Gasteiger partial charge on any atom is -0.346 e. The molecule has 7 aromatic rings. The highest BCUT2D eigenvalue weighted by molar-refractivity contribution is 7.11. The second kappa shape index (κ2) is 10.2. The van der Waals surface area contributed by atoms with Crippen molar-refractivity contribution < 1.29 is 0 Å². The molecule has 2 N–H and O–H groups in total. The van der Waals surface area contributed by atoms with Crippen LogP contribution in [-0.4, -0.2) is 50.3 Å². The standard InChI is InChI=1S/C30H21N11S2/c1-3-10-31-20(7-1)30(28-36-14-15-37-28)29(21-19-38-40-39-21,22-8-5-17-42-22)24(27-35-16-18-43-27)25(26-33-12-6-13-34-26)41(30)23-9-2-4-11-32-23/h1-19H,(H,36,37)(H,38,39,40). The number of nitrogens with one attached hydrogen (secondary N) is 2. The molecule has 0 spiro atoms. The van der Waals surface area contributed by atoms with Crippen molar-refractivity contribution in [2.45, 2.75) is 11.0 Å². The van der Waals surface area contributed by atoms with Gasteiger partial charge in [0.25, 0.3) is 0 Å². The minimum atomic E-state index is -1.25. The van der Waals surface area contributed by atoms with Gasteiger partial charge in [-0.15, -0.1) is 22.7 Å². The van der Waals surface area contributed by atoms with E-state index in [1.807, 2.05) is 54.0 Å². The van der Waals surface area contributed by atoms with Crippen molar-refractivity contribution in [3.63, 3.8) is 0 Å². The van der Waals surface area contributed by atoms with Gasteiger partial charge in [-0.1, -0.05) is 18.2 Å². The van der Waals surface area contributed by atoms with Crippen LogP contribution in [0.4, 0.5) is 5.82 Å². The minimum absolute atomic E-state index is 0.493. The number of imidazole rings is 1. The van der Waals surface area contributed by atoms with Crippen molar-refractivity contribution in [2.24, 2.45) is 0 Å². The average molecular weight is 600 g/mol. The largest absolute Gasteiger partial charge is 0.346 e. The number of pyridine rings is 2. The summed E-state index contributed by atoms with van der Waals surface area (Å²) >= 11 is 3.14. The summed E-state index contributed by atoms with van der Waals surface area (Å²) in [5.41, 5.74) is 0.500. The summed E-state index contributed by atoms with van der Waals surface area (Å²) in [6.07, 6.45) is 14.2. The topological polar surface area (TPSA) is 138 Å². The van der Waals surface area contributed by atoms with E-state index in [-0.39, 0.29) is 0 Å². The zero-order valence-electron chi connectivity index (χ0n) is 22.3. The third kappa shape index (κ3) is 3.52. The summed E-state index contributed by atoms with van der Waals surface area (Å²) in [6, 6.07) is 17.7. The maximum absolute atomic E-state index is 5.06. The van der Waals surface area contributed by atoms with Crippen LogP contribution >= 0.6 is 22.7 Å². The van der Waals surface area contributed by atoms with Crippen LogP contribution in [0.3, 0.4) is 0 Å². The maximum atomic E-state index is 5.06. The molecule has 0 radical (unpaired) electrons. The van der Waals surface area contributed by atoms with Gasteiger partial charge in [-0.2, -0.15) is 15.4 Å². The summed E-state index contributed by atoms with van der Waals surface area (Å²) in [5, 5.41) is 16.9. The van der Waals surface area contributed by atoms with Crippen molar-refractivity contribution in [1.29, 1.82) is 0 Å². The Labute approximate surface area is 253 Å². The molecule has 2 atom stereocenters. The van der Waals surface area contributed by atoms with Crippen LogP contribution in [0.2, 0.25) is 0 Å². The van der Waals surface area contributed by atoms with Gasteiger partial charge in [0.05, 0.1) is 17.6 Å². The fourth-order valence-electron chi connectivity index (χ4n) is 6.19. The predicted molar refractivity (Wildman–Crippen MR) is 163 cm³/mol. The number of thiazole rings is 1. The molecule has 0 bridgehead atoms. The smallest absolute Gasteiger partial charge is 0.176 e. The van der Waals surface area contributed by atoms with Crippen LogP contribution in [0.5, 0.6) is 0 Å². The third-order valence-electron chi connectivity index (χ3n) is 7.58. The number of hydrogen-bond acceptors (Lipinski definition) is 11. The molecule has 8 rings (SSSR count). The van der Waals surface area contributed by atoms with Crippen LogP contribution in [0, 0.1) is 0 Å². The highest BCUT2D eigenvalue weighted by atomic mass is 32.1. The molecule has 0 amide bonds. The lowest BCUT2D eigenvalue weighted by molar-refractivity contribution is 0.374. The second-order valence-electron chi connectivity index (χ2n) is 9.60. The molecule has 1 aliphatic heterocycles. The Balaban J connectivity index is 1.69. The zero-order chi connectivity index (χ0) is 28.7. The van der Waals surface area contributed by atoms with Crippen LogP contribution in [-0.2, 0) is 11.0 Å². The van der Waals surface area contributed by atoms with Crippen LogP contribution in [0.1, 0.15) is 32.9 Å². The van der Waals surface area contributed by atoms with Gasteiger partial charge in [-0.3, -0.25) is 4.98 Å². The first-order valence-electron chi connectivity index (χ1n) is 13.3. The van der Waals surface area contributed by atoms with Gasteiger partial charge < -0.3 is 9.88 Å². The van der Waals surface area contributed by atoms with E-state index in [9.17, 15) is 0 Å². The second-order valence-corrected chi connectivity index (χ2v) is 11.4. The lowest BCUT2D eigenvalue weighted by atomic mass is 9.61. The lowest BCUT2D eigenvalue weighted by Crippen LogP contribution is -2.58. The van der Waals surface area contributed by atoms with Crippen molar-refractivity contribution in [2.75, 3.05) is 4.90 Å². The van der Waals surface area contributed by atoms with Gasteiger partial charge in [0.1, 0.15) is 27.8 Å². The van der Waals surface area contributed by atoms with E-state index >= 15 is 0 Å². The Bertz CT molecular complexity index is 1930. The zero-order valence-corrected chi connectivity index (χ0v) is 23.9. The van der Waals surface area contributed by atoms with Crippen LogP contribution < -0.4 is 4.90 Å². The molecule has 0 fully saturated rings. The van der Waals surface area contributed by atoms with Gasteiger partial charge in [0, 0.05) is 59.2 Å². The first-order valence-corrected chi connectivity index (χ1v) is 15.1. The van der Waals surface area contributed by atoms with E-state index in [0.29, 0.717) is 34.6 Å². The summed E-state index contributed by atoms with van der Waals surface area (Å²) in [7, 11) is 0. The fourth-order valence-corrected chi connectivity index (χ4v) is 7.92. The summed E-state index contributed by atoms with van der Waals surface area (Å²) in [4.78, 5) is 36.1. The van der Waals surface area contributed by atoms with Crippen molar-refractivity contribution in [3.05, 3.63) is 148 Å². The van der Waals surface area contributed by atoms with E-state index in [0.717, 1.165) is 15.5 Å². The van der Waals surface area contributed by atoms with Gasteiger partial charge >= 0.3 is 0 Å². The quantitative estimate of drug-likeness (QED) is 0.261. The molecule has 0 aliphatic carbocycles. The molecule has 43 heavy (non-hydrogen) atoms. The molecule has 208 valence electrons. The highest BCUT2D eigenvalue weighted by Crippen LogP contribution is 2.68. The van der Waals surface area contributed by atoms with Crippen molar-refractivity contribution in [1.82, 2.24) is 50.3 Å². The molecule has 0 saturated heterocycles. The Morgan fingerprint density at radius 2 is 1.56 bits per heavy atom. The van der Waals surface area contributed by atoms with E-state index in [1.54, 1.807) is 60.8 Å². The Kier molecular flexibility index (Phi) is 5.98. The molecule has 2 unspecified atom stereocenters. The van der Waals surface area contributed by atoms with Crippen molar-refractivity contribution >= 4 is 39.8 Å². The van der Waals surface area contributed by atoms with Gasteiger partial charge in [-0.05, 0) is 41.8 Å². The number of hydrogen-bond donors (Lipinski definition) is 2. The number of nitrogens with zero attached hydrogens (tertiary/aromatic N) is 9. The van der Waals surface area contributed by atoms with E-state index in [2.05, 4.69) is 31.6 Å². The molecule has 13 heteroatoms. The number of aromatic nitrogens is 10. The number of thiophene rings is 1. The molecule has 0 saturated carbocycles. The summed E-state index contributed by atoms with van der Waals surface area (Å²) < 4.78 is 0. The third-order valence-corrected chi connectivity index (χ3v) is 9.36. The molecule has 0 aromatic carbocycles. The van der Waals surface area contributed by atoms with Gasteiger partial charge in [0.15, 0.2) is 11.4 Å². The Morgan fingerprint density at radius 1 is 0.698 bits per heavy atom. The normalized spacial score (nSPS) is 20.1. The number of anilines is 1. The van der Waals surface area contributed by atoms with Crippen molar-refractivity contribution in [3.8, 4) is 0 Å². The van der Waals surface area contributed by atoms with Gasteiger partial charge in [-0.25, -0.2) is 24.9 Å². The first kappa shape index (κ1) is 25.3. The molecular formula is C30H21N11S2. The first-order chi connectivity index (χ1) is 21.4. The van der Waals surface area contributed by atoms with Gasteiger partial charge in [0.2, 0.25) is 0 Å². The highest BCUT2D eigenvalue weighted by Gasteiger charge is 2.72. The summed E-state index contributed by atoms with van der Waals surface area (Å²) in [5.74, 6) is 1.75. The molecule has 1 aliphatic rings. The SMILES string of the molecule is c1ccc(N2C(c3ncccn3)=C(c3nccs3)C(c3cn[nH]n3)(c3cccs3)C2(c2ccccn2)c2ncc[nH]2)nc1. The van der Waals surface area contributed by atoms with Crippen LogP contribution in [0.25, 0.3) is 11.3 Å². The van der Waals surface area contributed by atoms with E-state index in [1.165, 1.54) is 11.3 Å². The fraction of sp³-hybridized carbons (Fsp3) is 0.0667. The Morgan fingerprint density at radius 3 is 2.21 bits per heavy atom. The molecule has 8 heterocycles. The summed E-state index contributed by atoms with van der Waals surface area (Å²) in [6.45, 7) is 0. The maximum Gasteiger partial charge on any atom is 0.176 e.